The molecule has 6 heteroatoms. The van der Waals surface area contributed by atoms with Crippen LogP contribution in [-0.2, 0) is 11.3 Å². The van der Waals surface area contributed by atoms with E-state index in [9.17, 15) is 9.59 Å². The highest BCUT2D eigenvalue weighted by Gasteiger charge is 2.27. The Morgan fingerprint density at radius 1 is 1.00 bits per heavy atom. The van der Waals surface area contributed by atoms with Crippen LogP contribution in [0.1, 0.15) is 21.5 Å². The van der Waals surface area contributed by atoms with E-state index in [4.69, 9.17) is 0 Å². The van der Waals surface area contributed by atoms with Crippen molar-refractivity contribution in [2.75, 3.05) is 0 Å². The molecule has 124 valence electrons. The highest BCUT2D eigenvalue weighted by atomic mass is 79.9. The van der Waals surface area contributed by atoms with Gasteiger partial charge < -0.3 is 10.3 Å². The van der Waals surface area contributed by atoms with Crippen molar-refractivity contribution in [3.05, 3.63) is 76.0 Å². The first kappa shape index (κ1) is 15.7. The van der Waals surface area contributed by atoms with Gasteiger partial charge in [0.15, 0.2) is 0 Å². The summed E-state index contributed by atoms with van der Waals surface area (Å²) in [6.07, 6.45) is 3.56. The molecular weight excluding hydrogens is 382 g/mol. The molecule has 3 N–H and O–H groups in total. The molecule has 1 aromatic heterocycles. The summed E-state index contributed by atoms with van der Waals surface area (Å²) in [6.45, 7) is 0.572. The van der Waals surface area contributed by atoms with Gasteiger partial charge in [0, 0.05) is 40.1 Å². The van der Waals surface area contributed by atoms with Gasteiger partial charge in [-0.1, -0.05) is 28.1 Å². The van der Waals surface area contributed by atoms with Crippen molar-refractivity contribution in [3.8, 4) is 0 Å². The number of halogens is 1. The minimum atomic E-state index is -0.400. The quantitative estimate of drug-likeness (QED) is 0.470. The molecule has 0 atom stereocenters. The Morgan fingerprint density at radius 3 is 2.76 bits per heavy atom. The van der Waals surface area contributed by atoms with Gasteiger partial charge in [-0.3, -0.25) is 14.9 Å². The third-order valence-corrected chi connectivity index (χ3v) is 4.65. The fraction of sp³-hybridized carbons (Fsp3) is 0.0526. The average molecular weight is 396 g/mol. The number of fused-ring (bicyclic) bond motifs is 2. The maximum absolute atomic E-state index is 12.2. The highest BCUT2D eigenvalue weighted by Crippen LogP contribution is 2.27. The van der Waals surface area contributed by atoms with Crippen LogP contribution in [0.3, 0.4) is 0 Å². The van der Waals surface area contributed by atoms with Crippen LogP contribution in [0.15, 0.2) is 59.3 Å². The van der Waals surface area contributed by atoms with Crippen molar-refractivity contribution in [2.24, 2.45) is 0 Å². The zero-order valence-electron chi connectivity index (χ0n) is 13.1. The fourth-order valence-electron chi connectivity index (χ4n) is 2.92. The summed E-state index contributed by atoms with van der Waals surface area (Å²) in [7, 11) is 0. The number of carbonyl (C=O) groups excluding carboxylic acids is 2. The first-order chi connectivity index (χ1) is 12.1. The number of benzene rings is 2. The number of nitrogens with one attached hydrogen (secondary N) is 3. The molecule has 0 bridgehead atoms. The van der Waals surface area contributed by atoms with Crippen molar-refractivity contribution in [1.29, 1.82) is 0 Å². The second kappa shape index (κ2) is 6.22. The van der Waals surface area contributed by atoms with Gasteiger partial charge in [0.25, 0.3) is 11.8 Å². The molecule has 0 spiro atoms. The van der Waals surface area contributed by atoms with E-state index >= 15 is 0 Å². The molecule has 2 heterocycles. The minimum absolute atomic E-state index is 0.373. The van der Waals surface area contributed by atoms with Crippen molar-refractivity contribution in [2.45, 2.75) is 6.54 Å². The van der Waals surface area contributed by atoms with E-state index in [0.29, 0.717) is 23.2 Å². The smallest absolute Gasteiger partial charge is 0.260 e. The second-order valence-corrected chi connectivity index (χ2v) is 6.73. The van der Waals surface area contributed by atoms with Gasteiger partial charge in [0.05, 0.1) is 5.57 Å². The standard InChI is InChI=1S/C19H14BrN3O2/c20-13-3-4-14-15(8-13)16(19(25)23-18(14)24)10-21-9-11-1-2-12-5-6-22-17(12)7-11/h1-8,10,21-22H,9H2,(H,23,24,25)/b16-10-. The predicted octanol–water partition coefficient (Wildman–Crippen LogP) is 3.33. The lowest BCUT2D eigenvalue weighted by molar-refractivity contribution is -0.114. The number of aromatic nitrogens is 1. The second-order valence-electron chi connectivity index (χ2n) is 5.81. The predicted molar refractivity (Wildman–Crippen MR) is 99.7 cm³/mol. The summed E-state index contributed by atoms with van der Waals surface area (Å²) in [5.74, 6) is -0.773. The summed E-state index contributed by atoms with van der Waals surface area (Å²) in [5.41, 5.74) is 3.71. The maximum Gasteiger partial charge on any atom is 0.260 e. The lowest BCUT2D eigenvalue weighted by atomic mass is 9.95. The van der Waals surface area contributed by atoms with Crippen LogP contribution in [0, 0.1) is 0 Å². The van der Waals surface area contributed by atoms with Crippen LogP contribution >= 0.6 is 15.9 Å². The number of amides is 2. The van der Waals surface area contributed by atoms with Crippen LogP contribution in [-0.4, -0.2) is 16.8 Å². The number of rotatable bonds is 3. The number of imide groups is 1. The van der Waals surface area contributed by atoms with E-state index in [-0.39, 0.29) is 5.91 Å². The third-order valence-electron chi connectivity index (χ3n) is 4.16. The number of H-pyrrole nitrogens is 1. The first-order valence-electron chi connectivity index (χ1n) is 7.77. The molecule has 5 nitrogen and oxygen atoms in total. The van der Waals surface area contributed by atoms with Crippen molar-refractivity contribution >= 4 is 44.2 Å². The Bertz CT molecular complexity index is 1040. The van der Waals surface area contributed by atoms with Gasteiger partial charge in [0.2, 0.25) is 0 Å². The molecule has 0 radical (unpaired) electrons. The molecule has 4 rings (SSSR count). The molecular formula is C19H14BrN3O2. The van der Waals surface area contributed by atoms with Crippen molar-refractivity contribution < 1.29 is 9.59 Å². The number of carbonyl (C=O) groups is 2. The summed E-state index contributed by atoms with van der Waals surface area (Å²) >= 11 is 3.39. The summed E-state index contributed by atoms with van der Waals surface area (Å²) in [6, 6.07) is 13.4. The number of hydrogen-bond donors (Lipinski definition) is 3. The molecule has 1 aliphatic heterocycles. The average Bonchev–Trinajstić information content (AvgIpc) is 3.05. The van der Waals surface area contributed by atoms with E-state index in [1.807, 2.05) is 24.4 Å². The summed E-state index contributed by atoms with van der Waals surface area (Å²) < 4.78 is 0.817. The van der Waals surface area contributed by atoms with Gasteiger partial charge in [-0.2, -0.15) is 0 Å². The monoisotopic (exact) mass is 395 g/mol. The summed E-state index contributed by atoms with van der Waals surface area (Å²) in [4.78, 5) is 27.3. The summed E-state index contributed by atoms with van der Waals surface area (Å²) in [5, 5.41) is 6.70. The Morgan fingerprint density at radius 2 is 1.88 bits per heavy atom. The Balaban J connectivity index is 1.60. The van der Waals surface area contributed by atoms with Gasteiger partial charge >= 0.3 is 0 Å². The fourth-order valence-corrected chi connectivity index (χ4v) is 3.28. The maximum atomic E-state index is 12.2. The van der Waals surface area contributed by atoms with Crippen LogP contribution in [0.25, 0.3) is 16.5 Å². The van der Waals surface area contributed by atoms with Crippen LogP contribution in [0.2, 0.25) is 0 Å². The van der Waals surface area contributed by atoms with Crippen molar-refractivity contribution in [3.63, 3.8) is 0 Å². The number of hydrogen-bond acceptors (Lipinski definition) is 3. The molecule has 2 amide bonds. The zero-order chi connectivity index (χ0) is 17.4. The van der Waals surface area contributed by atoms with Crippen molar-refractivity contribution in [1.82, 2.24) is 15.6 Å². The Hall–Kier alpha value is -2.86. The molecule has 2 aromatic carbocycles. The van der Waals surface area contributed by atoms with Crippen LogP contribution in [0.5, 0.6) is 0 Å². The molecule has 25 heavy (non-hydrogen) atoms. The van der Waals surface area contributed by atoms with Gasteiger partial charge in [-0.25, -0.2) is 0 Å². The first-order valence-corrected chi connectivity index (χ1v) is 8.56. The van der Waals surface area contributed by atoms with E-state index in [0.717, 1.165) is 20.9 Å². The SMILES string of the molecule is O=C1NC(=O)c2ccc(Br)cc2/C1=C/NCc1ccc2cc[nH]c2c1. The lowest BCUT2D eigenvalue weighted by Crippen LogP contribution is -2.37. The Kier molecular flexibility index (Phi) is 3.89. The van der Waals surface area contributed by atoms with Gasteiger partial charge in [-0.05, 0) is 41.3 Å². The molecule has 0 aliphatic carbocycles. The number of aromatic amines is 1. The lowest BCUT2D eigenvalue weighted by Gasteiger charge is -2.18. The van der Waals surface area contributed by atoms with E-state index in [1.54, 1.807) is 24.4 Å². The molecule has 0 saturated carbocycles. The highest BCUT2D eigenvalue weighted by molar-refractivity contribution is 9.10. The zero-order valence-corrected chi connectivity index (χ0v) is 14.7. The molecule has 1 aliphatic rings. The van der Waals surface area contributed by atoms with Crippen LogP contribution < -0.4 is 10.6 Å². The molecule has 0 unspecified atom stereocenters. The van der Waals surface area contributed by atoms with E-state index in [1.165, 1.54) is 0 Å². The van der Waals surface area contributed by atoms with E-state index in [2.05, 4.69) is 37.6 Å². The largest absolute Gasteiger partial charge is 0.386 e. The molecule has 3 aromatic rings. The van der Waals surface area contributed by atoms with E-state index < -0.39 is 5.91 Å². The van der Waals surface area contributed by atoms with Gasteiger partial charge in [-0.15, -0.1) is 0 Å². The topological polar surface area (TPSA) is 74.0 Å². The van der Waals surface area contributed by atoms with Gasteiger partial charge in [0.1, 0.15) is 0 Å². The van der Waals surface area contributed by atoms with Crippen LogP contribution in [0.4, 0.5) is 0 Å². The minimum Gasteiger partial charge on any atom is -0.386 e. The third kappa shape index (κ3) is 2.96. The Labute approximate surface area is 152 Å². The molecule has 0 fully saturated rings. The normalized spacial score (nSPS) is 15.3. The molecule has 0 saturated heterocycles.